The average Bonchev–Trinajstić information content (AvgIpc) is 2.47. The van der Waals surface area contributed by atoms with Gasteiger partial charge in [0.25, 0.3) is 0 Å². The van der Waals surface area contributed by atoms with E-state index in [1.54, 1.807) is 0 Å². The molecule has 1 saturated carbocycles. The second-order valence-electron chi connectivity index (χ2n) is 6.83. The maximum atomic E-state index is 12.4. The fourth-order valence-corrected chi connectivity index (χ4v) is 3.73. The number of rotatable bonds is 4. The molecule has 2 N–H and O–H groups in total. The maximum absolute atomic E-state index is 12.4. The first-order chi connectivity index (χ1) is 9.61. The van der Waals surface area contributed by atoms with Crippen molar-refractivity contribution in [3.8, 4) is 0 Å². The van der Waals surface area contributed by atoms with Crippen molar-refractivity contribution in [3.63, 3.8) is 0 Å². The van der Waals surface area contributed by atoms with Crippen LogP contribution in [-0.2, 0) is 4.79 Å². The Morgan fingerprint density at radius 2 is 1.85 bits per heavy atom. The molecule has 0 aromatic heterocycles. The van der Waals surface area contributed by atoms with Crippen LogP contribution in [0, 0.1) is 11.8 Å². The summed E-state index contributed by atoms with van der Waals surface area (Å²) in [5.41, 5.74) is 5.90. The van der Waals surface area contributed by atoms with Crippen LogP contribution in [0.3, 0.4) is 0 Å². The van der Waals surface area contributed by atoms with E-state index in [1.807, 2.05) is 0 Å². The van der Waals surface area contributed by atoms with Gasteiger partial charge < -0.3 is 10.6 Å². The predicted octanol–water partition coefficient (Wildman–Crippen LogP) is 1.69. The number of likely N-dealkylation sites (N-methyl/N-ethyl adjacent to an activating group) is 1. The van der Waals surface area contributed by atoms with E-state index in [2.05, 4.69) is 23.8 Å². The second kappa shape index (κ2) is 7.41. The zero-order chi connectivity index (χ0) is 14.5. The molecule has 2 unspecified atom stereocenters. The van der Waals surface area contributed by atoms with Crippen LogP contribution in [0.5, 0.6) is 0 Å². The molecule has 0 spiro atoms. The zero-order valence-electron chi connectivity index (χ0n) is 13.2. The predicted molar refractivity (Wildman–Crippen MR) is 82.4 cm³/mol. The third-order valence-electron chi connectivity index (χ3n) is 5.26. The van der Waals surface area contributed by atoms with E-state index in [0.29, 0.717) is 24.4 Å². The van der Waals surface area contributed by atoms with E-state index in [0.717, 1.165) is 38.4 Å². The first-order valence-corrected chi connectivity index (χ1v) is 8.30. The molecule has 2 atom stereocenters. The molecule has 2 fully saturated rings. The van der Waals surface area contributed by atoms with Gasteiger partial charge in [0.15, 0.2) is 0 Å². The minimum absolute atomic E-state index is 0.306. The van der Waals surface area contributed by atoms with Gasteiger partial charge in [0.1, 0.15) is 0 Å². The van der Waals surface area contributed by atoms with Crippen molar-refractivity contribution in [1.29, 1.82) is 0 Å². The van der Waals surface area contributed by atoms with Crippen molar-refractivity contribution in [2.24, 2.45) is 17.6 Å². The summed E-state index contributed by atoms with van der Waals surface area (Å²) in [5.74, 6) is 1.65. The molecule has 0 aromatic rings. The number of nitrogens with zero attached hydrogens (tertiary/aromatic N) is 2. The summed E-state index contributed by atoms with van der Waals surface area (Å²) in [5, 5.41) is 0. The van der Waals surface area contributed by atoms with Crippen molar-refractivity contribution >= 4 is 5.91 Å². The Morgan fingerprint density at radius 1 is 1.20 bits per heavy atom. The van der Waals surface area contributed by atoms with Gasteiger partial charge in [0.05, 0.1) is 6.54 Å². The molecule has 20 heavy (non-hydrogen) atoms. The topological polar surface area (TPSA) is 49.6 Å². The van der Waals surface area contributed by atoms with Gasteiger partial charge in [-0.15, -0.1) is 0 Å². The van der Waals surface area contributed by atoms with Crippen molar-refractivity contribution < 1.29 is 4.79 Å². The van der Waals surface area contributed by atoms with Gasteiger partial charge in [-0.2, -0.15) is 0 Å². The molecule has 1 heterocycles. The van der Waals surface area contributed by atoms with Crippen LogP contribution in [0.1, 0.15) is 45.4 Å². The molecule has 2 aliphatic rings. The number of amides is 1. The highest BCUT2D eigenvalue weighted by atomic mass is 16.2. The first kappa shape index (κ1) is 15.8. The zero-order valence-corrected chi connectivity index (χ0v) is 13.2. The van der Waals surface area contributed by atoms with Crippen LogP contribution in [0.2, 0.25) is 0 Å². The van der Waals surface area contributed by atoms with Crippen molar-refractivity contribution in [1.82, 2.24) is 9.80 Å². The molecule has 1 aliphatic carbocycles. The summed E-state index contributed by atoms with van der Waals surface area (Å²) in [6, 6.07) is 0.501. The standard InChI is InChI=1S/C16H31N3O/c1-13-7-9-19(10-8-13)16(20)12-18(2)15-6-4-3-5-14(15)11-17/h13-15H,3-12,17H2,1-2H3. The largest absolute Gasteiger partial charge is 0.342 e. The van der Waals surface area contributed by atoms with Gasteiger partial charge in [-0.1, -0.05) is 19.8 Å². The highest BCUT2D eigenvalue weighted by Crippen LogP contribution is 2.27. The summed E-state index contributed by atoms with van der Waals surface area (Å²) < 4.78 is 0. The summed E-state index contributed by atoms with van der Waals surface area (Å²) in [7, 11) is 2.10. The van der Waals surface area contributed by atoms with Gasteiger partial charge >= 0.3 is 0 Å². The van der Waals surface area contributed by atoms with Gasteiger partial charge in [0.2, 0.25) is 5.91 Å². The average molecular weight is 281 g/mol. The molecule has 2 rings (SSSR count). The minimum Gasteiger partial charge on any atom is -0.342 e. The van der Waals surface area contributed by atoms with Crippen LogP contribution in [-0.4, -0.2) is 55.0 Å². The SMILES string of the molecule is CC1CCN(C(=O)CN(C)C2CCCCC2CN)CC1. The van der Waals surface area contributed by atoms with Gasteiger partial charge in [-0.3, -0.25) is 9.69 Å². The van der Waals surface area contributed by atoms with Gasteiger partial charge in [0, 0.05) is 19.1 Å². The lowest BCUT2D eigenvalue weighted by Crippen LogP contribution is -2.49. The summed E-state index contributed by atoms with van der Waals surface area (Å²) in [6.45, 7) is 5.49. The van der Waals surface area contributed by atoms with Crippen LogP contribution < -0.4 is 5.73 Å². The Morgan fingerprint density at radius 3 is 2.50 bits per heavy atom. The van der Waals surface area contributed by atoms with Crippen molar-refractivity contribution in [2.75, 3.05) is 33.2 Å². The van der Waals surface area contributed by atoms with Crippen molar-refractivity contribution in [2.45, 2.75) is 51.5 Å². The van der Waals surface area contributed by atoms with E-state index in [4.69, 9.17) is 5.73 Å². The Hall–Kier alpha value is -0.610. The highest BCUT2D eigenvalue weighted by Gasteiger charge is 2.29. The Kier molecular flexibility index (Phi) is 5.85. The van der Waals surface area contributed by atoms with Crippen molar-refractivity contribution in [3.05, 3.63) is 0 Å². The number of likely N-dealkylation sites (tertiary alicyclic amines) is 1. The number of nitrogens with two attached hydrogens (primary N) is 1. The Balaban J connectivity index is 1.83. The smallest absolute Gasteiger partial charge is 0.236 e. The van der Waals surface area contributed by atoms with E-state index in [-0.39, 0.29) is 0 Å². The number of hydrogen-bond donors (Lipinski definition) is 1. The molecular formula is C16H31N3O. The lowest BCUT2D eigenvalue weighted by molar-refractivity contribution is -0.134. The molecular weight excluding hydrogens is 250 g/mol. The molecule has 0 bridgehead atoms. The number of carbonyl (C=O) groups is 1. The number of piperidine rings is 1. The number of hydrogen-bond acceptors (Lipinski definition) is 3. The van der Waals surface area contributed by atoms with Crippen LogP contribution >= 0.6 is 0 Å². The molecule has 1 saturated heterocycles. The fourth-order valence-electron chi connectivity index (χ4n) is 3.73. The van der Waals surface area contributed by atoms with Crippen LogP contribution in [0.4, 0.5) is 0 Å². The Labute approximate surface area is 123 Å². The third-order valence-corrected chi connectivity index (χ3v) is 5.26. The molecule has 4 nitrogen and oxygen atoms in total. The molecule has 0 aromatic carbocycles. The third kappa shape index (κ3) is 3.95. The van der Waals surface area contributed by atoms with Crippen LogP contribution in [0.25, 0.3) is 0 Å². The lowest BCUT2D eigenvalue weighted by atomic mass is 9.83. The second-order valence-corrected chi connectivity index (χ2v) is 6.83. The molecule has 4 heteroatoms. The lowest BCUT2D eigenvalue weighted by Gasteiger charge is -2.38. The number of carbonyl (C=O) groups excluding carboxylic acids is 1. The maximum Gasteiger partial charge on any atom is 0.236 e. The summed E-state index contributed by atoms with van der Waals surface area (Å²) in [4.78, 5) is 16.7. The first-order valence-electron chi connectivity index (χ1n) is 8.30. The summed E-state index contributed by atoms with van der Waals surface area (Å²) >= 11 is 0. The monoisotopic (exact) mass is 281 g/mol. The molecule has 0 radical (unpaired) electrons. The van der Waals surface area contributed by atoms with E-state index >= 15 is 0 Å². The Bertz CT molecular complexity index is 313. The normalized spacial score (nSPS) is 28.9. The highest BCUT2D eigenvalue weighted by molar-refractivity contribution is 5.78. The molecule has 1 aliphatic heterocycles. The van der Waals surface area contributed by atoms with E-state index in [9.17, 15) is 4.79 Å². The van der Waals surface area contributed by atoms with Gasteiger partial charge in [-0.05, 0) is 51.1 Å². The van der Waals surface area contributed by atoms with E-state index < -0.39 is 0 Å². The fraction of sp³-hybridized carbons (Fsp3) is 0.938. The summed E-state index contributed by atoms with van der Waals surface area (Å²) in [6.07, 6.45) is 7.31. The minimum atomic E-state index is 0.306. The van der Waals surface area contributed by atoms with Gasteiger partial charge in [-0.25, -0.2) is 0 Å². The molecule has 1 amide bonds. The van der Waals surface area contributed by atoms with E-state index in [1.165, 1.54) is 25.7 Å². The van der Waals surface area contributed by atoms with Crippen LogP contribution in [0.15, 0.2) is 0 Å². The molecule has 116 valence electrons. The quantitative estimate of drug-likeness (QED) is 0.853.